The number of nitrogens with zero attached hydrogens (tertiary/aromatic N) is 2. The molecule has 0 N–H and O–H groups in total. The highest BCUT2D eigenvalue weighted by Crippen LogP contribution is 2.42. The molecule has 0 aromatic carbocycles. The molecule has 0 aromatic rings. The summed E-state index contributed by atoms with van der Waals surface area (Å²) in [5, 5.41) is 3.96. The van der Waals surface area contributed by atoms with Gasteiger partial charge in [-0.15, -0.1) is 0 Å². The highest BCUT2D eigenvalue weighted by molar-refractivity contribution is 6.13. The van der Waals surface area contributed by atoms with Gasteiger partial charge >= 0.3 is 5.97 Å². The zero-order valence-electron chi connectivity index (χ0n) is 10.1. The third-order valence-electron chi connectivity index (χ3n) is 3.27. The number of hydrogen-bond donors (Lipinski definition) is 0. The maximum atomic E-state index is 11.8. The van der Waals surface area contributed by atoms with Gasteiger partial charge in [0.15, 0.2) is 0 Å². The van der Waals surface area contributed by atoms with Crippen LogP contribution in [0.3, 0.4) is 0 Å². The molecule has 0 amide bonds. The maximum Gasteiger partial charge on any atom is 0.309 e. The third kappa shape index (κ3) is 3.17. The molecule has 0 saturated heterocycles. The van der Waals surface area contributed by atoms with Crippen molar-refractivity contribution in [3.05, 3.63) is 0 Å². The highest BCUT2D eigenvalue weighted by Gasteiger charge is 2.41. The van der Waals surface area contributed by atoms with Crippen molar-refractivity contribution in [2.45, 2.75) is 46.1 Å². The molecular formula is C11H19ClN2O2. The van der Waals surface area contributed by atoms with Crippen LogP contribution in [0.25, 0.3) is 0 Å². The lowest BCUT2D eigenvalue weighted by Crippen LogP contribution is -2.39. The Bertz CT molecular complexity index is 279. The van der Waals surface area contributed by atoms with Gasteiger partial charge in [-0.05, 0) is 31.6 Å². The van der Waals surface area contributed by atoms with Crippen molar-refractivity contribution in [1.82, 2.24) is 0 Å². The van der Waals surface area contributed by atoms with Crippen molar-refractivity contribution in [2.24, 2.45) is 21.1 Å². The summed E-state index contributed by atoms with van der Waals surface area (Å²) in [6.07, 6.45) is 2.47. The van der Waals surface area contributed by atoms with Crippen molar-refractivity contribution < 1.29 is 9.53 Å². The van der Waals surface area contributed by atoms with Crippen molar-refractivity contribution in [1.29, 1.82) is 0 Å². The second kappa shape index (κ2) is 5.62. The van der Waals surface area contributed by atoms with Crippen LogP contribution in [-0.4, -0.2) is 18.6 Å². The largest absolute Gasteiger partial charge is 0.466 e. The molecule has 1 fully saturated rings. The van der Waals surface area contributed by atoms with E-state index in [9.17, 15) is 4.79 Å². The van der Waals surface area contributed by atoms with Crippen LogP contribution >= 0.6 is 11.8 Å². The van der Waals surface area contributed by atoms with Gasteiger partial charge < -0.3 is 4.74 Å². The molecule has 0 aliphatic heterocycles. The summed E-state index contributed by atoms with van der Waals surface area (Å²) in [5.74, 6) is -0.122. The van der Waals surface area contributed by atoms with E-state index in [1.807, 2.05) is 6.92 Å². The molecule has 2 atom stereocenters. The molecular weight excluding hydrogens is 228 g/mol. The lowest BCUT2D eigenvalue weighted by molar-refractivity contribution is -0.154. The van der Waals surface area contributed by atoms with Crippen LogP contribution in [0.5, 0.6) is 0 Å². The lowest BCUT2D eigenvalue weighted by Gasteiger charge is -2.39. The molecule has 1 saturated carbocycles. The second-order valence-corrected chi connectivity index (χ2v) is 5.07. The van der Waals surface area contributed by atoms with Crippen molar-refractivity contribution in [2.75, 3.05) is 6.61 Å². The Labute approximate surface area is 102 Å². The Balaban J connectivity index is 2.66. The summed E-state index contributed by atoms with van der Waals surface area (Å²) in [5.41, 5.74) is -0.0970. The Morgan fingerprint density at radius 2 is 2.19 bits per heavy atom. The van der Waals surface area contributed by atoms with Crippen molar-refractivity contribution in [3.63, 3.8) is 0 Å². The van der Waals surface area contributed by atoms with Crippen LogP contribution in [-0.2, 0) is 9.53 Å². The van der Waals surface area contributed by atoms with Crippen molar-refractivity contribution >= 4 is 17.7 Å². The Kier molecular flexibility index (Phi) is 4.71. The van der Waals surface area contributed by atoms with Crippen LogP contribution < -0.4 is 0 Å². The number of esters is 1. The summed E-state index contributed by atoms with van der Waals surface area (Å²) < 4.78 is 8.41. The average molecular weight is 247 g/mol. The number of hydrogen-bond acceptors (Lipinski definition) is 4. The Morgan fingerprint density at radius 3 is 2.69 bits per heavy atom. The zero-order valence-corrected chi connectivity index (χ0v) is 10.8. The van der Waals surface area contributed by atoms with Gasteiger partial charge in [-0.3, -0.25) is 4.79 Å². The maximum absolute atomic E-state index is 11.8. The molecule has 92 valence electrons. The molecule has 16 heavy (non-hydrogen) atoms. The molecule has 1 aliphatic rings. The quantitative estimate of drug-likeness (QED) is 0.566. The fourth-order valence-electron chi connectivity index (χ4n) is 2.44. The van der Waals surface area contributed by atoms with E-state index in [4.69, 9.17) is 16.5 Å². The number of ether oxygens (including phenoxy) is 1. The van der Waals surface area contributed by atoms with Gasteiger partial charge in [0, 0.05) is 0 Å². The molecule has 0 radical (unpaired) electrons. The van der Waals surface area contributed by atoms with Crippen LogP contribution in [0.2, 0.25) is 0 Å². The van der Waals surface area contributed by atoms with Gasteiger partial charge in [0.2, 0.25) is 0 Å². The van der Waals surface area contributed by atoms with Gasteiger partial charge in [-0.1, -0.05) is 18.5 Å². The minimum Gasteiger partial charge on any atom is -0.466 e. The van der Waals surface area contributed by atoms with E-state index in [-0.39, 0.29) is 23.3 Å². The fourth-order valence-corrected chi connectivity index (χ4v) is 2.56. The van der Waals surface area contributed by atoms with E-state index in [1.165, 1.54) is 0 Å². The van der Waals surface area contributed by atoms with Crippen molar-refractivity contribution in [3.8, 4) is 0 Å². The monoisotopic (exact) mass is 246 g/mol. The highest BCUT2D eigenvalue weighted by atomic mass is 35.5. The van der Waals surface area contributed by atoms with E-state index < -0.39 is 0 Å². The predicted molar refractivity (Wildman–Crippen MR) is 62.3 cm³/mol. The molecule has 5 heteroatoms. The van der Waals surface area contributed by atoms with Gasteiger partial charge in [-0.25, -0.2) is 0 Å². The summed E-state index contributed by atoms with van der Waals surface area (Å²) in [7, 11) is 0. The van der Waals surface area contributed by atoms with Gasteiger partial charge in [0.05, 0.1) is 30.3 Å². The molecule has 0 heterocycles. The zero-order chi connectivity index (χ0) is 12.2. The standard InChI is InChI=1S/C11H19ClN2O2/c1-4-16-10(15)9-6-5-8(13-14-12)7-11(9,2)3/h8-9H,4-7H2,1-3H3/t8-,9+/m0/s1. The molecule has 0 spiro atoms. The molecule has 0 unspecified atom stereocenters. The van der Waals surface area contributed by atoms with Crippen LogP contribution in [0, 0.1) is 11.3 Å². The number of carbonyl (C=O) groups excluding carboxylic acids is 1. The summed E-state index contributed by atoms with van der Waals surface area (Å²) in [6.45, 7) is 6.42. The summed E-state index contributed by atoms with van der Waals surface area (Å²) in [6, 6.07) is 0.137. The summed E-state index contributed by atoms with van der Waals surface area (Å²) >= 11 is 5.24. The van der Waals surface area contributed by atoms with Gasteiger partial charge in [-0.2, -0.15) is 5.11 Å². The first-order chi connectivity index (χ1) is 7.51. The molecule has 4 nitrogen and oxygen atoms in total. The van der Waals surface area contributed by atoms with Gasteiger partial charge in [0.1, 0.15) is 0 Å². The third-order valence-corrected chi connectivity index (χ3v) is 3.36. The first-order valence-electron chi connectivity index (χ1n) is 5.69. The Hall–Kier alpha value is -0.640. The van der Waals surface area contributed by atoms with Crippen LogP contribution in [0.15, 0.2) is 9.75 Å². The average Bonchev–Trinajstić information content (AvgIpc) is 2.17. The number of carbonyl (C=O) groups is 1. The predicted octanol–water partition coefficient (Wildman–Crippen LogP) is 3.35. The topological polar surface area (TPSA) is 51.0 Å². The van der Waals surface area contributed by atoms with E-state index in [0.717, 1.165) is 19.3 Å². The number of halogens is 1. The van der Waals surface area contributed by atoms with E-state index in [2.05, 4.69) is 23.6 Å². The second-order valence-electron chi connectivity index (χ2n) is 4.92. The van der Waals surface area contributed by atoms with Crippen LogP contribution in [0.4, 0.5) is 0 Å². The molecule has 1 aliphatic carbocycles. The normalized spacial score (nSPS) is 29.2. The number of rotatable bonds is 3. The fraction of sp³-hybridized carbons (Fsp3) is 0.909. The first kappa shape index (κ1) is 13.4. The molecule has 0 bridgehead atoms. The lowest BCUT2D eigenvalue weighted by atomic mass is 9.67. The molecule has 1 rings (SSSR count). The SMILES string of the molecule is CCOC(=O)[C@H]1CC[C@H](N=NCl)CC1(C)C. The minimum atomic E-state index is -0.0970. The van der Waals surface area contributed by atoms with E-state index in [1.54, 1.807) is 0 Å². The first-order valence-corrected chi connectivity index (χ1v) is 6.02. The van der Waals surface area contributed by atoms with Crippen LogP contribution in [0.1, 0.15) is 40.0 Å². The van der Waals surface area contributed by atoms with E-state index in [0.29, 0.717) is 6.61 Å². The van der Waals surface area contributed by atoms with Gasteiger partial charge in [0.25, 0.3) is 0 Å². The molecule has 0 aromatic heterocycles. The minimum absolute atomic E-state index is 0.0331. The smallest absolute Gasteiger partial charge is 0.309 e. The Morgan fingerprint density at radius 1 is 1.50 bits per heavy atom. The van der Waals surface area contributed by atoms with E-state index >= 15 is 0 Å². The summed E-state index contributed by atoms with van der Waals surface area (Å²) in [4.78, 5) is 11.8.